The molecule has 2 aromatic heterocycles. The molecule has 0 spiro atoms. The molecule has 0 radical (unpaired) electrons. The fourth-order valence-corrected chi connectivity index (χ4v) is 10.9. The topological polar surface area (TPSA) is 133 Å². The lowest BCUT2D eigenvalue weighted by Crippen LogP contribution is -2.57. The maximum atomic E-state index is 17.9. The van der Waals surface area contributed by atoms with Gasteiger partial charge in [-0.3, -0.25) is 15.1 Å². The molecule has 60 heavy (non-hydrogen) atoms. The van der Waals surface area contributed by atoms with Crippen molar-refractivity contribution in [1.82, 2.24) is 19.8 Å². The number of amides is 2. The Labute approximate surface area is 351 Å². The molecule has 6 heterocycles. The molecular formula is C44H50F3N7O5S. The summed E-state index contributed by atoms with van der Waals surface area (Å²) in [5.74, 6) is -0.840. The Morgan fingerprint density at radius 2 is 1.73 bits per heavy atom. The summed E-state index contributed by atoms with van der Waals surface area (Å²) in [7, 11) is 0. The Bertz CT molecular complexity index is 2440. The number of nitriles is 1. The third kappa shape index (κ3) is 7.35. The van der Waals surface area contributed by atoms with E-state index in [9.17, 15) is 19.2 Å². The van der Waals surface area contributed by atoms with Crippen molar-refractivity contribution in [3.05, 3.63) is 41.0 Å². The summed E-state index contributed by atoms with van der Waals surface area (Å²) >= 11 is 0.886. The number of halogens is 3. The van der Waals surface area contributed by atoms with Gasteiger partial charge in [-0.15, -0.1) is 11.3 Å². The lowest BCUT2D eigenvalue weighted by molar-refractivity contribution is 0.0122. The van der Waals surface area contributed by atoms with E-state index in [1.807, 2.05) is 31.7 Å². The van der Waals surface area contributed by atoms with Crippen molar-refractivity contribution in [2.75, 3.05) is 43.0 Å². The fourth-order valence-electron chi connectivity index (χ4n) is 9.81. The maximum Gasteiger partial charge on any atom is 0.412 e. The average Bonchev–Trinajstić information content (AvgIpc) is 3.62. The van der Waals surface area contributed by atoms with E-state index in [-0.39, 0.29) is 68.4 Å². The summed E-state index contributed by atoms with van der Waals surface area (Å²) in [4.78, 5) is 42.0. The highest BCUT2D eigenvalue weighted by Gasteiger charge is 2.50. The van der Waals surface area contributed by atoms with E-state index in [1.54, 1.807) is 20.8 Å². The molecule has 5 aliphatic rings. The van der Waals surface area contributed by atoms with Gasteiger partial charge < -0.3 is 19.1 Å². The second-order valence-electron chi connectivity index (χ2n) is 19.0. The number of hydrogen-bond acceptors (Lipinski definition) is 11. The van der Waals surface area contributed by atoms with Gasteiger partial charge in [-0.25, -0.2) is 22.8 Å². The zero-order valence-electron chi connectivity index (χ0n) is 34.8. The van der Waals surface area contributed by atoms with Crippen LogP contribution in [0.15, 0.2) is 18.2 Å². The first-order valence-corrected chi connectivity index (χ1v) is 21.7. The third-order valence-electron chi connectivity index (χ3n) is 12.3. The largest absolute Gasteiger partial charge is 0.461 e. The van der Waals surface area contributed by atoms with Crippen LogP contribution in [0.1, 0.15) is 104 Å². The number of piperazine rings is 1. The van der Waals surface area contributed by atoms with Gasteiger partial charge in [-0.1, -0.05) is 6.07 Å². The van der Waals surface area contributed by atoms with Gasteiger partial charge >= 0.3 is 18.2 Å². The number of thiophene rings is 1. The molecule has 1 saturated carbocycles. The number of anilines is 2. The summed E-state index contributed by atoms with van der Waals surface area (Å²) in [6, 6.07) is 6.41. The average molecular weight is 846 g/mol. The Morgan fingerprint density at radius 1 is 1.02 bits per heavy atom. The first kappa shape index (κ1) is 40.5. The number of ether oxygens (including phenoxy) is 3. The van der Waals surface area contributed by atoms with Crippen molar-refractivity contribution < 1.29 is 37.0 Å². The molecule has 9 rings (SSSR count). The lowest BCUT2D eigenvalue weighted by Gasteiger charge is -2.42. The Hall–Kier alpha value is -4.88. The lowest BCUT2D eigenvalue weighted by atomic mass is 9.91. The number of nitrogens with zero attached hydrogens (tertiary/aromatic N) is 6. The van der Waals surface area contributed by atoms with E-state index < -0.39 is 40.6 Å². The molecule has 2 unspecified atom stereocenters. The highest BCUT2D eigenvalue weighted by molar-refractivity contribution is 7.23. The molecule has 4 aliphatic heterocycles. The van der Waals surface area contributed by atoms with E-state index in [0.717, 1.165) is 56.4 Å². The predicted molar refractivity (Wildman–Crippen MR) is 222 cm³/mol. The minimum Gasteiger partial charge on any atom is -0.461 e. The van der Waals surface area contributed by atoms with Crippen LogP contribution in [0.5, 0.6) is 6.01 Å². The summed E-state index contributed by atoms with van der Waals surface area (Å²) in [5.41, 5.74) is -0.840. The van der Waals surface area contributed by atoms with Crippen LogP contribution >= 0.6 is 11.3 Å². The highest BCUT2D eigenvalue weighted by atomic mass is 32.1. The van der Waals surface area contributed by atoms with Crippen LogP contribution in [0, 0.1) is 23.0 Å². The smallest absolute Gasteiger partial charge is 0.412 e. The number of nitrogens with one attached hydrogen (secondary N) is 1. The number of hydrogen-bond donors (Lipinski definition) is 1. The van der Waals surface area contributed by atoms with Crippen molar-refractivity contribution in [3.8, 4) is 23.2 Å². The Morgan fingerprint density at radius 3 is 2.40 bits per heavy atom. The van der Waals surface area contributed by atoms with E-state index >= 15 is 8.78 Å². The van der Waals surface area contributed by atoms with Crippen LogP contribution in [0.2, 0.25) is 0 Å². The number of aromatic nitrogens is 2. The summed E-state index contributed by atoms with van der Waals surface area (Å²) in [6.45, 7) is 12.8. The molecule has 1 N–H and O–H groups in total. The quantitative estimate of drug-likeness (QED) is 0.192. The molecule has 16 heteroatoms. The number of rotatable bonds is 7. The van der Waals surface area contributed by atoms with Crippen molar-refractivity contribution in [2.45, 2.75) is 127 Å². The molecule has 1 aliphatic carbocycles. The van der Waals surface area contributed by atoms with E-state index in [2.05, 4.69) is 21.2 Å². The van der Waals surface area contributed by atoms with E-state index in [0.29, 0.717) is 48.4 Å². The molecule has 318 valence electrons. The zero-order chi connectivity index (χ0) is 42.5. The van der Waals surface area contributed by atoms with Gasteiger partial charge in [0, 0.05) is 42.4 Å². The third-order valence-corrected chi connectivity index (χ3v) is 13.5. The van der Waals surface area contributed by atoms with Gasteiger partial charge in [0.1, 0.15) is 52.2 Å². The van der Waals surface area contributed by atoms with Gasteiger partial charge in [0.05, 0.1) is 27.9 Å². The standard InChI is InChI=1S/C44H50F3N7O5S/c1-42(2,3)58-40(55)51-38-30(18-48)33-27(12-13-31(46)36(33)60-38)32-28(23-8-9-23)16-29-35(34(32)47)49-39(57-22-44-14-7-15-53(44)19-24(45)17-44)50-37(29)52-20-25-10-11-26(21-52)54(25)41(56)59-43(4,5)6/h12-13,16,23-26H,7-11,14-15,17,19-22H2,1-6H3,(H,51,55)/t24-,25?,26?,44+/m1/s1. The van der Waals surface area contributed by atoms with Crippen LogP contribution in [0.25, 0.3) is 32.1 Å². The maximum absolute atomic E-state index is 17.9. The number of alkyl halides is 1. The van der Waals surface area contributed by atoms with E-state index in [4.69, 9.17) is 24.2 Å². The number of carbonyl (C=O) groups excluding carboxylic acids is 2. The minimum absolute atomic E-state index is 0.00885. The van der Waals surface area contributed by atoms with Crippen LogP contribution in [-0.2, 0) is 9.47 Å². The Kier molecular flexibility index (Phi) is 9.89. The molecule has 4 atom stereocenters. The highest BCUT2D eigenvalue weighted by Crippen LogP contribution is 2.51. The molecule has 2 amide bonds. The zero-order valence-corrected chi connectivity index (χ0v) is 35.6. The van der Waals surface area contributed by atoms with Gasteiger partial charge in [-0.2, -0.15) is 15.2 Å². The molecule has 2 aromatic carbocycles. The minimum atomic E-state index is -0.970. The number of carbonyl (C=O) groups is 2. The second-order valence-corrected chi connectivity index (χ2v) is 20.1. The van der Waals surface area contributed by atoms with Crippen LogP contribution < -0.4 is 15.0 Å². The van der Waals surface area contributed by atoms with Crippen molar-refractivity contribution in [2.24, 2.45) is 0 Å². The van der Waals surface area contributed by atoms with Gasteiger partial charge in [-0.05, 0) is 116 Å². The molecule has 5 fully saturated rings. The van der Waals surface area contributed by atoms with Crippen molar-refractivity contribution >= 4 is 55.3 Å². The van der Waals surface area contributed by atoms with Crippen LogP contribution in [0.4, 0.5) is 33.6 Å². The van der Waals surface area contributed by atoms with Crippen molar-refractivity contribution in [1.29, 1.82) is 5.26 Å². The Balaban J connectivity index is 1.18. The number of fused-ring (bicyclic) bond motifs is 5. The molecule has 4 aromatic rings. The molecular weight excluding hydrogens is 796 g/mol. The van der Waals surface area contributed by atoms with Gasteiger partial charge in [0.2, 0.25) is 0 Å². The van der Waals surface area contributed by atoms with Gasteiger partial charge in [0.15, 0.2) is 5.82 Å². The normalized spacial score (nSPS) is 24.2. The van der Waals surface area contributed by atoms with Crippen LogP contribution in [0.3, 0.4) is 0 Å². The van der Waals surface area contributed by atoms with E-state index in [1.165, 1.54) is 12.1 Å². The molecule has 4 saturated heterocycles. The summed E-state index contributed by atoms with van der Waals surface area (Å²) < 4.78 is 66.1. The van der Waals surface area contributed by atoms with Crippen LogP contribution in [-0.4, -0.2) is 99.7 Å². The molecule has 12 nitrogen and oxygen atoms in total. The fraction of sp³-hybridized carbons (Fsp3) is 0.568. The first-order chi connectivity index (χ1) is 28.4. The SMILES string of the molecule is CC(C)(C)OC(=O)Nc1sc2c(F)ccc(-c3c(C4CC4)cc4c(N5CC6CCC(C5)N6C(=O)OC(C)(C)C)nc(OC[C@@]56CCCN5C[C@H](F)C6)nc4c3F)c2c1C#N. The first-order valence-electron chi connectivity index (χ1n) is 20.9. The van der Waals surface area contributed by atoms with Crippen molar-refractivity contribution in [3.63, 3.8) is 0 Å². The monoisotopic (exact) mass is 845 g/mol. The molecule has 2 bridgehead atoms. The second kappa shape index (κ2) is 14.6. The summed E-state index contributed by atoms with van der Waals surface area (Å²) in [6.07, 6.45) is 3.02. The number of benzene rings is 2. The predicted octanol–water partition coefficient (Wildman–Crippen LogP) is 9.43. The van der Waals surface area contributed by atoms with Gasteiger partial charge in [0.25, 0.3) is 0 Å². The summed E-state index contributed by atoms with van der Waals surface area (Å²) in [5, 5.41) is 13.8.